The van der Waals surface area contributed by atoms with Crippen LogP contribution in [0.1, 0.15) is 82.6 Å². The zero-order valence-corrected chi connectivity index (χ0v) is 17.3. The molecule has 134 valence electrons. The van der Waals surface area contributed by atoms with Gasteiger partial charge in [-0.2, -0.15) is 37.9 Å². The molecule has 0 spiro atoms. The van der Waals surface area contributed by atoms with E-state index in [1.165, 1.54) is 0 Å². The maximum atomic E-state index is 8.20. The summed E-state index contributed by atoms with van der Waals surface area (Å²) in [5, 5.41) is 0.371. The van der Waals surface area contributed by atoms with E-state index in [9.17, 15) is 0 Å². The molecular formula is C18H39NS3. The summed E-state index contributed by atoms with van der Waals surface area (Å²) >= 11 is 13.5. The van der Waals surface area contributed by atoms with Crippen LogP contribution in [-0.4, -0.2) is 40.3 Å². The van der Waals surface area contributed by atoms with Gasteiger partial charge in [0.1, 0.15) is 0 Å². The molecule has 22 heavy (non-hydrogen) atoms. The molecule has 0 rings (SSSR count). The standard InChI is InChI=1S/C18H39NS3/c1-4-16(20)10-7-13-19(14-8-11-17(21)5-2)15-9-12-18(22)6-3/h16-18,20-22H,4-15H2,1-3H3/i10T,11T,12T. The number of thiol groups is 3. The second-order valence-electron chi connectivity index (χ2n) is 5.84. The fourth-order valence-corrected chi connectivity index (χ4v) is 2.63. The van der Waals surface area contributed by atoms with E-state index in [4.69, 9.17) is 4.11 Å². The number of hydrogen-bond donors (Lipinski definition) is 3. The van der Waals surface area contributed by atoms with E-state index in [2.05, 4.69) is 63.6 Å². The molecule has 0 radical (unpaired) electrons. The van der Waals surface area contributed by atoms with E-state index in [1.54, 1.807) is 0 Å². The monoisotopic (exact) mass is 371 g/mol. The molecule has 0 aliphatic heterocycles. The molecule has 6 unspecified atom stereocenters. The summed E-state index contributed by atoms with van der Waals surface area (Å²) in [4.78, 5) is 2.33. The molecular weight excluding hydrogens is 326 g/mol. The van der Waals surface area contributed by atoms with Crippen LogP contribution in [0.5, 0.6) is 0 Å². The van der Waals surface area contributed by atoms with Crippen LogP contribution in [0, 0.1) is 0 Å². The molecule has 0 bridgehead atoms. The van der Waals surface area contributed by atoms with Gasteiger partial charge >= 0.3 is 0 Å². The zero-order valence-electron chi connectivity index (χ0n) is 17.6. The lowest BCUT2D eigenvalue weighted by molar-refractivity contribution is 0.256. The predicted octanol–water partition coefficient (Wildman–Crippen LogP) is 5.75. The van der Waals surface area contributed by atoms with Crippen molar-refractivity contribution in [1.82, 2.24) is 4.90 Å². The van der Waals surface area contributed by atoms with Crippen LogP contribution >= 0.6 is 37.9 Å². The Bertz CT molecular complexity index is 278. The zero-order chi connectivity index (χ0) is 19.4. The Morgan fingerprint density at radius 3 is 1.18 bits per heavy atom. The van der Waals surface area contributed by atoms with Crippen LogP contribution in [0.2, 0.25) is 0 Å². The molecule has 0 aliphatic carbocycles. The Labute approximate surface area is 160 Å². The second kappa shape index (κ2) is 15.5. The SMILES string of the molecule is [3H]C(CCN(CCC([3H])C(S)CC)CCC([3H])C(S)CC)C(S)CC. The minimum Gasteiger partial charge on any atom is -0.303 e. The summed E-state index contributed by atoms with van der Waals surface area (Å²) < 4.78 is 24.6. The molecule has 1 nitrogen and oxygen atoms in total. The van der Waals surface area contributed by atoms with Gasteiger partial charge in [-0.3, -0.25) is 0 Å². The Kier molecular flexibility index (Phi) is 12.6. The summed E-state index contributed by atoms with van der Waals surface area (Å²) in [6.07, 6.45) is 4.66. The fraction of sp³-hybridized carbons (Fsp3) is 1.00. The average Bonchev–Trinajstić information content (AvgIpc) is 2.63. The van der Waals surface area contributed by atoms with Gasteiger partial charge in [0.25, 0.3) is 0 Å². The highest BCUT2D eigenvalue weighted by Crippen LogP contribution is 2.14. The van der Waals surface area contributed by atoms with Gasteiger partial charge in [0.2, 0.25) is 0 Å². The van der Waals surface area contributed by atoms with Crippen molar-refractivity contribution in [2.24, 2.45) is 0 Å². The first-order valence-electron chi connectivity index (χ1n) is 10.5. The van der Waals surface area contributed by atoms with Crippen molar-refractivity contribution < 1.29 is 4.11 Å². The summed E-state index contributed by atoms with van der Waals surface area (Å²) in [6, 6.07) is 0. The average molecular weight is 372 g/mol. The fourth-order valence-electron chi connectivity index (χ4n) is 2.18. The summed E-state index contributed by atoms with van der Waals surface area (Å²) in [5.74, 6) is 0. The minimum absolute atomic E-state index is 0.124. The lowest BCUT2D eigenvalue weighted by atomic mass is 10.1. The van der Waals surface area contributed by atoms with E-state index < -0.39 is 0 Å². The third-order valence-electron chi connectivity index (χ3n) is 3.91. The molecule has 0 fully saturated rings. The van der Waals surface area contributed by atoms with Crippen molar-refractivity contribution in [3.8, 4) is 0 Å². The van der Waals surface area contributed by atoms with Crippen molar-refractivity contribution in [3.05, 3.63) is 0 Å². The molecule has 4 heteroatoms. The van der Waals surface area contributed by atoms with Gasteiger partial charge in [-0.25, -0.2) is 0 Å². The first kappa shape index (κ1) is 17.8. The van der Waals surface area contributed by atoms with Gasteiger partial charge in [-0.1, -0.05) is 20.8 Å². The maximum absolute atomic E-state index is 8.20. The molecule has 0 saturated carbocycles. The summed E-state index contributed by atoms with van der Waals surface area (Å²) in [7, 11) is 0. The quantitative estimate of drug-likeness (QED) is 0.309. The van der Waals surface area contributed by atoms with Gasteiger partial charge in [0.05, 0.1) is 0 Å². The summed E-state index contributed by atoms with van der Waals surface area (Å²) in [6.45, 7) is 8.75. The van der Waals surface area contributed by atoms with Crippen LogP contribution in [-0.2, 0) is 0 Å². The van der Waals surface area contributed by atoms with Gasteiger partial charge in [-0.05, 0) is 77.3 Å². The highest BCUT2D eigenvalue weighted by molar-refractivity contribution is 7.81. The largest absolute Gasteiger partial charge is 0.303 e. The van der Waals surface area contributed by atoms with Crippen LogP contribution in [0.15, 0.2) is 0 Å². The Morgan fingerprint density at radius 1 is 0.682 bits per heavy atom. The maximum Gasteiger partial charge on any atom is 0.0278 e. The van der Waals surface area contributed by atoms with Crippen LogP contribution in [0.25, 0.3) is 0 Å². The highest BCUT2D eigenvalue weighted by Gasteiger charge is 2.09. The smallest absolute Gasteiger partial charge is 0.0278 e. The minimum atomic E-state index is -0.157. The van der Waals surface area contributed by atoms with Gasteiger partial charge in [0.15, 0.2) is 0 Å². The third kappa shape index (κ3) is 13.4. The molecule has 0 saturated heterocycles. The van der Waals surface area contributed by atoms with Crippen LogP contribution in [0.4, 0.5) is 0 Å². The van der Waals surface area contributed by atoms with E-state index in [1.807, 2.05) is 0 Å². The third-order valence-corrected chi connectivity index (χ3v) is 5.63. The van der Waals surface area contributed by atoms with Gasteiger partial charge < -0.3 is 4.90 Å². The molecule has 0 aromatic carbocycles. The Balaban J connectivity index is 4.53. The van der Waals surface area contributed by atoms with Gasteiger partial charge in [0, 0.05) is 19.9 Å². The van der Waals surface area contributed by atoms with Crippen LogP contribution < -0.4 is 0 Å². The van der Waals surface area contributed by atoms with E-state index >= 15 is 0 Å². The van der Waals surface area contributed by atoms with E-state index in [-0.39, 0.29) is 34.9 Å². The first-order valence-corrected chi connectivity index (χ1v) is 10.3. The predicted molar refractivity (Wildman–Crippen MR) is 113 cm³/mol. The molecule has 0 heterocycles. The first-order chi connectivity index (χ1) is 11.8. The molecule has 6 atom stereocenters. The van der Waals surface area contributed by atoms with Gasteiger partial charge in [-0.15, -0.1) is 0 Å². The Hall–Kier alpha value is 1.01. The Morgan fingerprint density at radius 2 is 0.955 bits per heavy atom. The molecule has 0 aromatic heterocycles. The topological polar surface area (TPSA) is 3.24 Å². The van der Waals surface area contributed by atoms with Crippen molar-refractivity contribution in [2.75, 3.05) is 19.6 Å². The van der Waals surface area contributed by atoms with E-state index in [0.29, 0.717) is 0 Å². The second-order valence-corrected chi connectivity index (χ2v) is 7.83. The number of nitrogens with zero attached hydrogens (tertiary/aromatic N) is 1. The number of hydrogen-bond acceptors (Lipinski definition) is 4. The summed E-state index contributed by atoms with van der Waals surface area (Å²) in [5.41, 5.74) is 0. The van der Waals surface area contributed by atoms with Crippen molar-refractivity contribution in [3.63, 3.8) is 0 Å². The van der Waals surface area contributed by atoms with Crippen LogP contribution in [0.3, 0.4) is 0 Å². The molecule has 0 N–H and O–H groups in total. The molecule has 0 aromatic rings. The van der Waals surface area contributed by atoms with E-state index in [0.717, 1.165) is 58.2 Å². The lowest BCUT2D eigenvalue weighted by Gasteiger charge is -2.24. The van der Waals surface area contributed by atoms with Crippen molar-refractivity contribution >= 4 is 37.9 Å². The number of rotatable bonds is 15. The molecule has 0 amide bonds. The van der Waals surface area contributed by atoms with Crippen molar-refractivity contribution in [1.29, 1.82) is 0 Å². The normalized spacial score (nSPS) is 22.2. The molecule has 0 aliphatic rings. The van der Waals surface area contributed by atoms with Crippen molar-refractivity contribution in [2.45, 2.75) is 94.2 Å². The lowest BCUT2D eigenvalue weighted by Crippen LogP contribution is -2.28. The highest BCUT2D eigenvalue weighted by atomic mass is 32.1.